The maximum absolute atomic E-state index is 11.7. The van der Waals surface area contributed by atoms with Crippen molar-refractivity contribution in [3.05, 3.63) is 24.3 Å². The van der Waals surface area contributed by atoms with Crippen LogP contribution in [0.5, 0.6) is 0 Å². The maximum Gasteiger partial charge on any atom is 0.226 e. The quantitative estimate of drug-likeness (QED) is 0.882. The van der Waals surface area contributed by atoms with Crippen molar-refractivity contribution in [1.82, 2.24) is 0 Å². The molecule has 20 heavy (non-hydrogen) atoms. The molecule has 1 aromatic carbocycles. The molecule has 0 spiro atoms. The van der Waals surface area contributed by atoms with Crippen LogP contribution in [0.1, 0.15) is 33.6 Å². The Labute approximate surface area is 125 Å². The van der Waals surface area contributed by atoms with Crippen LogP contribution in [0.4, 0.5) is 11.4 Å². The molecule has 0 aromatic heterocycles. The highest BCUT2D eigenvalue weighted by atomic mass is 32.2. The van der Waals surface area contributed by atoms with E-state index in [1.807, 2.05) is 43.8 Å². The molecule has 2 rings (SSSR count). The van der Waals surface area contributed by atoms with E-state index < -0.39 is 0 Å². The Kier molecular flexibility index (Phi) is 5.35. The summed E-state index contributed by atoms with van der Waals surface area (Å²) < 4.78 is 0. The molecule has 1 saturated heterocycles. The van der Waals surface area contributed by atoms with E-state index in [1.165, 1.54) is 18.6 Å². The molecule has 1 amide bonds. The molecule has 1 aliphatic rings. The van der Waals surface area contributed by atoms with E-state index in [-0.39, 0.29) is 11.8 Å². The summed E-state index contributed by atoms with van der Waals surface area (Å²) in [5.41, 5.74) is 1.95. The molecule has 2 atom stereocenters. The minimum absolute atomic E-state index is 0.00128. The predicted molar refractivity (Wildman–Crippen MR) is 88.5 cm³/mol. The molecule has 4 heteroatoms. The van der Waals surface area contributed by atoms with Crippen molar-refractivity contribution in [3.8, 4) is 0 Å². The lowest BCUT2D eigenvalue weighted by atomic mass is 10.1. The molecule has 1 heterocycles. The first-order valence-electron chi connectivity index (χ1n) is 7.35. The average molecular weight is 292 g/mol. The number of carbonyl (C=O) groups excluding carboxylic acids is 1. The summed E-state index contributed by atoms with van der Waals surface area (Å²) in [6.07, 6.45) is 2.49. The second-order valence-electron chi connectivity index (χ2n) is 5.69. The fourth-order valence-electron chi connectivity index (χ4n) is 2.30. The lowest BCUT2D eigenvalue weighted by molar-refractivity contribution is -0.118. The van der Waals surface area contributed by atoms with Gasteiger partial charge in [-0.05, 0) is 36.8 Å². The van der Waals surface area contributed by atoms with E-state index >= 15 is 0 Å². The monoisotopic (exact) mass is 292 g/mol. The Morgan fingerprint density at radius 3 is 2.80 bits per heavy atom. The predicted octanol–water partition coefficient (Wildman–Crippen LogP) is 3.98. The van der Waals surface area contributed by atoms with E-state index in [4.69, 9.17) is 0 Å². The van der Waals surface area contributed by atoms with Gasteiger partial charge in [0, 0.05) is 28.6 Å². The third kappa shape index (κ3) is 4.17. The van der Waals surface area contributed by atoms with E-state index in [0.29, 0.717) is 11.3 Å². The zero-order valence-electron chi connectivity index (χ0n) is 12.5. The van der Waals surface area contributed by atoms with Gasteiger partial charge in [-0.1, -0.05) is 26.8 Å². The molecular weight excluding hydrogens is 268 g/mol. The number of anilines is 2. The Bertz CT molecular complexity index is 462. The molecule has 110 valence electrons. The van der Waals surface area contributed by atoms with E-state index in [2.05, 4.69) is 23.6 Å². The number of thioether (sulfide) groups is 1. The first-order chi connectivity index (χ1) is 9.56. The molecular formula is C16H24N2OS. The molecule has 1 aliphatic heterocycles. The molecule has 0 aliphatic carbocycles. The van der Waals surface area contributed by atoms with Gasteiger partial charge in [-0.3, -0.25) is 4.79 Å². The van der Waals surface area contributed by atoms with Crippen molar-refractivity contribution in [1.29, 1.82) is 0 Å². The van der Waals surface area contributed by atoms with Gasteiger partial charge in [0.15, 0.2) is 0 Å². The lowest BCUT2D eigenvalue weighted by Gasteiger charge is -2.30. The van der Waals surface area contributed by atoms with Gasteiger partial charge >= 0.3 is 0 Å². The third-order valence-electron chi connectivity index (χ3n) is 3.61. The molecule has 0 radical (unpaired) electrons. The highest BCUT2D eigenvalue weighted by molar-refractivity contribution is 8.00. The van der Waals surface area contributed by atoms with Crippen LogP contribution < -0.4 is 10.6 Å². The van der Waals surface area contributed by atoms with Gasteiger partial charge in [-0.15, -0.1) is 0 Å². The highest BCUT2D eigenvalue weighted by Crippen LogP contribution is 2.28. The van der Waals surface area contributed by atoms with Gasteiger partial charge in [-0.25, -0.2) is 0 Å². The van der Waals surface area contributed by atoms with Crippen molar-refractivity contribution in [2.75, 3.05) is 16.4 Å². The number of hydrogen-bond acceptors (Lipinski definition) is 3. The molecule has 0 saturated carbocycles. The fraction of sp³-hybridized carbons (Fsp3) is 0.562. The van der Waals surface area contributed by atoms with Gasteiger partial charge in [0.25, 0.3) is 0 Å². The topological polar surface area (TPSA) is 41.1 Å². The molecule has 2 N–H and O–H groups in total. The zero-order valence-corrected chi connectivity index (χ0v) is 13.3. The van der Waals surface area contributed by atoms with Gasteiger partial charge in [-0.2, -0.15) is 11.8 Å². The number of hydrogen-bond donors (Lipinski definition) is 2. The van der Waals surface area contributed by atoms with E-state index in [9.17, 15) is 4.79 Å². The largest absolute Gasteiger partial charge is 0.381 e. The van der Waals surface area contributed by atoms with Gasteiger partial charge in [0.05, 0.1) is 0 Å². The fourth-order valence-corrected chi connectivity index (χ4v) is 3.44. The Morgan fingerprint density at radius 2 is 2.10 bits per heavy atom. The second kappa shape index (κ2) is 7.02. The summed E-state index contributed by atoms with van der Waals surface area (Å²) in [6, 6.07) is 8.52. The Morgan fingerprint density at radius 1 is 1.35 bits per heavy atom. The zero-order chi connectivity index (χ0) is 14.5. The molecule has 1 aromatic rings. The normalized spacial score (nSPS) is 22.6. The van der Waals surface area contributed by atoms with Crippen LogP contribution in [0.3, 0.4) is 0 Å². The van der Waals surface area contributed by atoms with Crippen molar-refractivity contribution in [2.24, 2.45) is 5.92 Å². The van der Waals surface area contributed by atoms with Crippen LogP contribution in [0, 0.1) is 5.92 Å². The summed E-state index contributed by atoms with van der Waals surface area (Å²) in [5.74, 6) is 1.33. The van der Waals surface area contributed by atoms with Crippen LogP contribution in [0.25, 0.3) is 0 Å². The Hall–Kier alpha value is -1.16. The van der Waals surface area contributed by atoms with E-state index in [1.54, 1.807) is 0 Å². The third-order valence-corrected chi connectivity index (χ3v) is 4.99. The number of amides is 1. The average Bonchev–Trinajstić information content (AvgIpc) is 2.42. The second-order valence-corrected chi connectivity index (χ2v) is 7.18. The van der Waals surface area contributed by atoms with Crippen LogP contribution >= 0.6 is 11.8 Å². The smallest absolute Gasteiger partial charge is 0.226 e. The number of benzene rings is 1. The summed E-state index contributed by atoms with van der Waals surface area (Å²) in [4.78, 5) is 11.7. The van der Waals surface area contributed by atoms with Gasteiger partial charge in [0.1, 0.15) is 0 Å². The summed E-state index contributed by atoms with van der Waals surface area (Å²) >= 11 is 2.03. The van der Waals surface area contributed by atoms with E-state index in [0.717, 1.165) is 11.4 Å². The van der Waals surface area contributed by atoms with Crippen molar-refractivity contribution < 1.29 is 4.79 Å². The highest BCUT2D eigenvalue weighted by Gasteiger charge is 2.21. The van der Waals surface area contributed by atoms with Crippen LogP contribution in [-0.4, -0.2) is 23.0 Å². The summed E-state index contributed by atoms with van der Waals surface area (Å²) in [7, 11) is 0. The SMILES string of the molecule is CC(C)C(=O)Nc1cccc(NC2CCCSC2C)c1. The van der Waals surface area contributed by atoms with Crippen LogP contribution in [-0.2, 0) is 4.79 Å². The van der Waals surface area contributed by atoms with Crippen molar-refractivity contribution in [2.45, 2.75) is 44.9 Å². The maximum atomic E-state index is 11.7. The van der Waals surface area contributed by atoms with Crippen LogP contribution in [0.15, 0.2) is 24.3 Å². The lowest BCUT2D eigenvalue weighted by Crippen LogP contribution is -2.32. The summed E-state index contributed by atoms with van der Waals surface area (Å²) in [5, 5.41) is 7.18. The molecule has 1 fully saturated rings. The van der Waals surface area contributed by atoms with Gasteiger partial charge in [0.2, 0.25) is 5.91 Å². The first kappa shape index (κ1) is 15.2. The molecule has 2 unspecified atom stereocenters. The standard InChI is InChI=1S/C16H24N2OS/c1-11(2)16(19)18-14-7-4-6-13(10-14)17-15-8-5-9-20-12(15)3/h4,6-7,10-12,15,17H,5,8-9H2,1-3H3,(H,18,19). The summed E-state index contributed by atoms with van der Waals surface area (Å²) in [6.45, 7) is 6.09. The van der Waals surface area contributed by atoms with Crippen LogP contribution in [0.2, 0.25) is 0 Å². The minimum atomic E-state index is 0.00128. The Balaban J connectivity index is 2.00. The molecule has 3 nitrogen and oxygen atoms in total. The number of nitrogens with one attached hydrogen (secondary N) is 2. The number of carbonyl (C=O) groups is 1. The molecule has 0 bridgehead atoms. The van der Waals surface area contributed by atoms with Crippen molar-refractivity contribution in [3.63, 3.8) is 0 Å². The minimum Gasteiger partial charge on any atom is -0.381 e. The first-order valence-corrected chi connectivity index (χ1v) is 8.40. The van der Waals surface area contributed by atoms with Gasteiger partial charge < -0.3 is 10.6 Å². The van der Waals surface area contributed by atoms with Crippen molar-refractivity contribution >= 4 is 29.0 Å². The number of rotatable bonds is 4.